The Balaban J connectivity index is 1.54. The van der Waals surface area contributed by atoms with Crippen LogP contribution in [0, 0.1) is 0 Å². The fourth-order valence-electron chi connectivity index (χ4n) is 3.46. The standard InChI is InChI=1S/C17H26N4O2S/c1-18-17(20-15-7-3-4-8-15)19-11-13-24(22,23)21-12-10-14-6-2-5-9-16(14)21/h2,5-6,9,15H,3-4,7-8,10-13H2,1H3,(H2,18,19,20). The molecule has 0 unspecified atom stereocenters. The maximum atomic E-state index is 12.6. The third-order valence-electron chi connectivity index (χ3n) is 4.75. The highest BCUT2D eigenvalue weighted by Gasteiger charge is 2.28. The van der Waals surface area contributed by atoms with Gasteiger partial charge in [0.25, 0.3) is 0 Å². The molecule has 1 aliphatic heterocycles. The molecule has 0 spiro atoms. The van der Waals surface area contributed by atoms with Crippen LogP contribution in [0.25, 0.3) is 0 Å². The highest BCUT2D eigenvalue weighted by Crippen LogP contribution is 2.29. The largest absolute Gasteiger partial charge is 0.355 e. The van der Waals surface area contributed by atoms with Gasteiger partial charge in [-0.05, 0) is 30.9 Å². The van der Waals surface area contributed by atoms with Crippen molar-refractivity contribution in [3.8, 4) is 0 Å². The van der Waals surface area contributed by atoms with Crippen molar-refractivity contribution in [1.29, 1.82) is 0 Å². The van der Waals surface area contributed by atoms with E-state index in [1.54, 1.807) is 7.05 Å². The average molecular weight is 350 g/mol. The van der Waals surface area contributed by atoms with Gasteiger partial charge in [0.15, 0.2) is 5.96 Å². The van der Waals surface area contributed by atoms with E-state index < -0.39 is 10.0 Å². The lowest BCUT2D eigenvalue weighted by atomic mass is 10.2. The monoisotopic (exact) mass is 350 g/mol. The van der Waals surface area contributed by atoms with Crippen molar-refractivity contribution in [3.63, 3.8) is 0 Å². The molecule has 1 saturated carbocycles. The molecule has 0 bridgehead atoms. The SMILES string of the molecule is CN=C(NCCS(=O)(=O)N1CCc2ccccc21)NC1CCCC1. The highest BCUT2D eigenvalue weighted by molar-refractivity contribution is 7.92. The molecule has 3 rings (SSSR count). The van der Waals surface area contributed by atoms with Crippen molar-refractivity contribution in [1.82, 2.24) is 10.6 Å². The van der Waals surface area contributed by atoms with Gasteiger partial charge in [-0.3, -0.25) is 9.30 Å². The second-order valence-electron chi connectivity index (χ2n) is 6.39. The van der Waals surface area contributed by atoms with Gasteiger partial charge in [-0.15, -0.1) is 0 Å². The zero-order chi connectivity index (χ0) is 17.0. The van der Waals surface area contributed by atoms with Gasteiger partial charge in [0, 0.05) is 26.2 Å². The summed E-state index contributed by atoms with van der Waals surface area (Å²) in [5, 5.41) is 6.50. The molecule has 0 aromatic heterocycles. The number of nitrogens with one attached hydrogen (secondary N) is 2. The molecule has 1 aromatic carbocycles. The summed E-state index contributed by atoms with van der Waals surface area (Å²) < 4.78 is 26.8. The summed E-state index contributed by atoms with van der Waals surface area (Å²) >= 11 is 0. The fraction of sp³-hybridized carbons (Fsp3) is 0.588. The number of nitrogens with zero attached hydrogens (tertiary/aromatic N) is 2. The predicted octanol–water partition coefficient (Wildman–Crippen LogP) is 1.49. The Hall–Kier alpha value is -1.76. The van der Waals surface area contributed by atoms with Crippen molar-refractivity contribution in [3.05, 3.63) is 29.8 Å². The quantitative estimate of drug-likeness (QED) is 0.623. The van der Waals surface area contributed by atoms with E-state index in [9.17, 15) is 8.42 Å². The van der Waals surface area contributed by atoms with E-state index >= 15 is 0 Å². The summed E-state index contributed by atoms with van der Waals surface area (Å²) in [7, 11) is -1.60. The van der Waals surface area contributed by atoms with Crippen LogP contribution in [0.15, 0.2) is 29.3 Å². The number of aliphatic imine (C=N–C) groups is 1. The van der Waals surface area contributed by atoms with E-state index in [-0.39, 0.29) is 5.75 Å². The summed E-state index contributed by atoms with van der Waals surface area (Å²) in [6, 6.07) is 8.18. The molecular weight excluding hydrogens is 324 g/mol. The molecule has 24 heavy (non-hydrogen) atoms. The number of rotatable bonds is 5. The van der Waals surface area contributed by atoms with Crippen LogP contribution < -0.4 is 14.9 Å². The van der Waals surface area contributed by atoms with Gasteiger partial charge in [0.2, 0.25) is 10.0 Å². The first kappa shape index (κ1) is 17.1. The van der Waals surface area contributed by atoms with Crippen molar-refractivity contribution in [2.45, 2.75) is 38.1 Å². The molecule has 1 heterocycles. The van der Waals surface area contributed by atoms with Gasteiger partial charge in [-0.25, -0.2) is 8.42 Å². The summed E-state index contributed by atoms with van der Waals surface area (Å²) in [5.41, 5.74) is 1.93. The van der Waals surface area contributed by atoms with Crippen LogP contribution in [-0.2, 0) is 16.4 Å². The molecule has 132 valence electrons. The number of fused-ring (bicyclic) bond motifs is 1. The van der Waals surface area contributed by atoms with E-state index in [1.807, 2.05) is 24.3 Å². The first-order valence-electron chi connectivity index (χ1n) is 8.65. The normalized spacial score (nSPS) is 18.7. The van der Waals surface area contributed by atoms with Gasteiger partial charge < -0.3 is 10.6 Å². The lowest BCUT2D eigenvalue weighted by molar-refractivity contribution is 0.589. The third kappa shape index (κ3) is 3.83. The fourth-order valence-corrected chi connectivity index (χ4v) is 4.89. The van der Waals surface area contributed by atoms with E-state index in [4.69, 9.17) is 0 Å². The molecule has 0 amide bonds. The van der Waals surface area contributed by atoms with Gasteiger partial charge in [-0.1, -0.05) is 31.0 Å². The molecule has 6 nitrogen and oxygen atoms in total. The molecule has 1 fully saturated rings. The van der Waals surface area contributed by atoms with Crippen LogP contribution in [0.5, 0.6) is 0 Å². The smallest absolute Gasteiger partial charge is 0.236 e. The number of benzene rings is 1. The molecule has 2 N–H and O–H groups in total. The highest BCUT2D eigenvalue weighted by atomic mass is 32.2. The van der Waals surface area contributed by atoms with Gasteiger partial charge in [0.05, 0.1) is 11.4 Å². The Bertz CT molecular complexity index is 696. The minimum atomic E-state index is -3.32. The van der Waals surface area contributed by atoms with Crippen LogP contribution in [0.1, 0.15) is 31.2 Å². The van der Waals surface area contributed by atoms with E-state index in [0.717, 1.165) is 30.5 Å². The lowest BCUT2D eigenvalue weighted by Gasteiger charge is -2.21. The van der Waals surface area contributed by atoms with Crippen molar-refractivity contribution in [2.75, 3.05) is 30.2 Å². The first-order chi connectivity index (χ1) is 11.6. The van der Waals surface area contributed by atoms with Crippen LogP contribution in [0.3, 0.4) is 0 Å². The van der Waals surface area contributed by atoms with E-state index in [2.05, 4.69) is 15.6 Å². The molecular formula is C17H26N4O2S. The Kier molecular flexibility index (Phi) is 5.28. The Morgan fingerprint density at radius 3 is 2.79 bits per heavy atom. The Morgan fingerprint density at radius 2 is 2.04 bits per heavy atom. The van der Waals surface area contributed by atoms with Gasteiger partial charge >= 0.3 is 0 Å². The molecule has 7 heteroatoms. The zero-order valence-corrected chi connectivity index (χ0v) is 15.0. The average Bonchev–Trinajstić information content (AvgIpc) is 3.23. The second-order valence-corrected chi connectivity index (χ2v) is 8.40. The minimum absolute atomic E-state index is 0.0622. The number of guanidine groups is 1. The molecule has 1 aromatic rings. The zero-order valence-electron chi connectivity index (χ0n) is 14.2. The Morgan fingerprint density at radius 1 is 1.29 bits per heavy atom. The summed E-state index contributed by atoms with van der Waals surface area (Å²) in [5.74, 6) is 0.756. The van der Waals surface area contributed by atoms with Gasteiger partial charge in [-0.2, -0.15) is 0 Å². The van der Waals surface area contributed by atoms with Crippen LogP contribution >= 0.6 is 0 Å². The lowest BCUT2D eigenvalue weighted by Crippen LogP contribution is -2.45. The molecule has 2 aliphatic rings. The van der Waals surface area contributed by atoms with Crippen molar-refractivity contribution < 1.29 is 8.42 Å². The summed E-state index contributed by atoms with van der Waals surface area (Å²) in [4.78, 5) is 4.19. The number of sulfonamides is 1. The van der Waals surface area contributed by atoms with Crippen molar-refractivity contribution in [2.24, 2.45) is 4.99 Å². The number of hydrogen-bond donors (Lipinski definition) is 2. The summed E-state index contributed by atoms with van der Waals surface area (Å²) in [6.45, 7) is 0.893. The van der Waals surface area contributed by atoms with E-state index in [1.165, 1.54) is 17.1 Å². The second kappa shape index (κ2) is 7.42. The molecule has 0 atom stereocenters. The van der Waals surface area contributed by atoms with Gasteiger partial charge in [0.1, 0.15) is 0 Å². The first-order valence-corrected chi connectivity index (χ1v) is 10.3. The van der Waals surface area contributed by atoms with Crippen LogP contribution in [-0.4, -0.2) is 46.3 Å². The van der Waals surface area contributed by atoms with E-state index in [0.29, 0.717) is 25.1 Å². The van der Waals surface area contributed by atoms with Crippen LogP contribution in [0.4, 0.5) is 5.69 Å². The topological polar surface area (TPSA) is 73.8 Å². The maximum Gasteiger partial charge on any atom is 0.236 e. The van der Waals surface area contributed by atoms with Crippen LogP contribution in [0.2, 0.25) is 0 Å². The number of hydrogen-bond acceptors (Lipinski definition) is 3. The minimum Gasteiger partial charge on any atom is -0.355 e. The maximum absolute atomic E-state index is 12.6. The number of para-hydroxylation sites is 1. The predicted molar refractivity (Wildman–Crippen MR) is 98.0 cm³/mol. The summed E-state index contributed by atoms with van der Waals surface area (Å²) in [6.07, 6.45) is 5.59. The number of anilines is 1. The molecule has 0 radical (unpaired) electrons. The Labute approximate surface area is 144 Å². The third-order valence-corrected chi connectivity index (χ3v) is 6.52. The molecule has 1 aliphatic carbocycles. The molecule has 0 saturated heterocycles. The van der Waals surface area contributed by atoms with Crippen molar-refractivity contribution >= 4 is 21.7 Å².